The fraction of sp³-hybridized carbons (Fsp3) is 0.417. The molecule has 0 heterocycles. The molecule has 4 nitrogen and oxygen atoms in total. The van der Waals surface area contributed by atoms with Gasteiger partial charge >= 0.3 is 0 Å². The second-order valence-corrected chi connectivity index (χ2v) is 10.3. The second kappa shape index (κ2) is 9.97. The highest BCUT2D eigenvalue weighted by molar-refractivity contribution is 8.00. The zero-order valence-corrected chi connectivity index (χ0v) is 19.0. The van der Waals surface area contributed by atoms with E-state index in [-0.39, 0.29) is 22.5 Å². The predicted molar refractivity (Wildman–Crippen MR) is 124 cm³/mol. The molecule has 0 bridgehead atoms. The molecule has 156 valence electrons. The Labute approximate surface area is 178 Å². The molecule has 2 aromatic carbocycles. The summed E-state index contributed by atoms with van der Waals surface area (Å²) in [5, 5.41) is 5.65. The van der Waals surface area contributed by atoms with Crippen molar-refractivity contribution >= 4 is 35.0 Å². The number of rotatable bonds is 7. The Hall–Kier alpha value is -2.27. The number of benzene rings is 2. The first-order valence-corrected chi connectivity index (χ1v) is 10.9. The summed E-state index contributed by atoms with van der Waals surface area (Å²) in [6.45, 7) is 12.3. The van der Waals surface area contributed by atoms with E-state index in [1.807, 2.05) is 76.2 Å². The van der Waals surface area contributed by atoms with Gasteiger partial charge < -0.3 is 10.6 Å². The molecule has 1 unspecified atom stereocenters. The van der Waals surface area contributed by atoms with Crippen molar-refractivity contribution in [2.75, 3.05) is 10.6 Å². The standard InChI is InChI=1S/C24H32N2O2S/c1-16(2)18-10-12-19(13-11-18)26-23(28)17(3)29-21-9-7-8-20(14-21)25-22(27)15-24(4,5)6/h7-14,16-17H,15H2,1-6H3,(H,25,27)(H,26,28). The van der Waals surface area contributed by atoms with Crippen molar-refractivity contribution in [1.29, 1.82) is 0 Å². The quantitative estimate of drug-likeness (QED) is 0.524. The topological polar surface area (TPSA) is 58.2 Å². The van der Waals surface area contributed by atoms with Gasteiger partial charge in [0.1, 0.15) is 0 Å². The Bertz CT molecular complexity index is 839. The molecule has 0 radical (unpaired) electrons. The van der Waals surface area contributed by atoms with Gasteiger partial charge in [-0.15, -0.1) is 11.8 Å². The van der Waals surface area contributed by atoms with Crippen LogP contribution in [0.5, 0.6) is 0 Å². The van der Waals surface area contributed by atoms with Gasteiger partial charge in [-0.05, 0) is 54.2 Å². The van der Waals surface area contributed by atoms with Crippen LogP contribution in [0.15, 0.2) is 53.4 Å². The van der Waals surface area contributed by atoms with E-state index in [1.54, 1.807) is 0 Å². The summed E-state index contributed by atoms with van der Waals surface area (Å²) in [6, 6.07) is 15.6. The molecule has 0 aliphatic carbocycles. The van der Waals surface area contributed by atoms with E-state index in [0.717, 1.165) is 16.3 Å². The van der Waals surface area contributed by atoms with Gasteiger partial charge in [-0.25, -0.2) is 0 Å². The Kier molecular flexibility index (Phi) is 7.91. The minimum atomic E-state index is -0.264. The molecular weight excluding hydrogens is 380 g/mol. The van der Waals surface area contributed by atoms with Crippen molar-refractivity contribution in [2.45, 2.75) is 64.0 Å². The third kappa shape index (κ3) is 7.94. The Morgan fingerprint density at radius 1 is 0.931 bits per heavy atom. The smallest absolute Gasteiger partial charge is 0.237 e. The van der Waals surface area contributed by atoms with Crippen molar-refractivity contribution in [1.82, 2.24) is 0 Å². The lowest BCUT2D eigenvalue weighted by molar-refractivity contribution is -0.118. The Morgan fingerprint density at radius 3 is 2.17 bits per heavy atom. The third-order valence-corrected chi connectivity index (χ3v) is 5.43. The van der Waals surface area contributed by atoms with Gasteiger partial charge in [-0.2, -0.15) is 0 Å². The van der Waals surface area contributed by atoms with Crippen molar-refractivity contribution < 1.29 is 9.59 Å². The van der Waals surface area contributed by atoms with Gasteiger partial charge in [-0.1, -0.05) is 52.8 Å². The first-order chi connectivity index (χ1) is 13.5. The average Bonchev–Trinajstić information content (AvgIpc) is 2.60. The van der Waals surface area contributed by atoms with Gasteiger partial charge in [0.2, 0.25) is 11.8 Å². The molecule has 0 aliphatic rings. The molecule has 2 N–H and O–H groups in total. The maximum Gasteiger partial charge on any atom is 0.237 e. The molecule has 0 aliphatic heterocycles. The highest BCUT2D eigenvalue weighted by Crippen LogP contribution is 2.27. The van der Waals surface area contributed by atoms with Crippen molar-refractivity contribution in [3.63, 3.8) is 0 Å². The Morgan fingerprint density at radius 2 is 1.59 bits per heavy atom. The van der Waals surface area contributed by atoms with E-state index in [9.17, 15) is 9.59 Å². The zero-order chi connectivity index (χ0) is 21.6. The summed E-state index contributed by atoms with van der Waals surface area (Å²) >= 11 is 1.47. The summed E-state index contributed by atoms with van der Waals surface area (Å²) in [6.07, 6.45) is 0.457. The van der Waals surface area contributed by atoms with Gasteiger partial charge in [0.15, 0.2) is 0 Å². The fourth-order valence-electron chi connectivity index (χ4n) is 2.79. The number of carbonyl (C=O) groups is 2. The summed E-state index contributed by atoms with van der Waals surface area (Å²) in [7, 11) is 0. The number of hydrogen-bond donors (Lipinski definition) is 2. The molecule has 0 fully saturated rings. The molecule has 1 atom stereocenters. The minimum absolute atomic E-state index is 0.00436. The number of amides is 2. The van der Waals surface area contributed by atoms with Crippen LogP contribution >= 0.6 is 11.8 Å². The summed E-state index contributed by atoms with van der Waals surface area (Å²) < 4.78 is 0. The molecule has 0 aromatic heterocycles. The van der Waals surface area contributed by atoms with Gasteiger partial charge in [0.25, 0.3) is 0 Å². The molecule has 5 heteroatoms. The fourth-order valence-corrected chi connectivity index (χ4v) is 3.71. The maximum atomic E-state index is 12.6. The summed E-state index contributed by atoms with van der Waals surface area (Å²) in [5.74, 6) is 0.412. The van der Waals surface area contributed by atoms with Crippen LogP contribution in [0.1, 0.15) is 59.4 Å². The molecule has 29 heavy (non-hydrogen) atoms. The number of nitrogens with one attached hydrogen (secondary N) is 2. The molecule has 2 amide bonds. The van der Waals surface area contributed by atoms with Crippen LogP contribution in [0, 0.1) is 5.41 Å². The highest BCUT2D eigenvalue weighted by atomic mass is 32.2. The second-order valence-electron chi connectivity index (χ2n) is 8.84. The first kappa shape index (κ1) is 23.0. The predicted octanol–water partition coefficient (Wildman–Crippen LogP) is 6.30. The van der Waals surface area contributed by atoms with Gasteiger partial charge in [-0.3, -0.25) is 9.59 Å². The van der Waals surface area contributed by atoms with Gasteiger partial charge in [0, 0.05) is 22.7 Å². The summed E-state index contributed by atoms with van der Waals surface area (Å²) in [5.41, 5.74) is 2.74. The number of hydrogen-bond acceptors (Lipinski definition) is 3. The van der Waals surface area contributed by atoms with Crippen LogP contribution in [0.4, 0.5) is 11.4 Å². The van der Waals surface area contributed by atoms with Crippen LogP contribution in [0.25, 0.3) is 0 Å². The third-order valence-electron chi connectivity index (χ3n) is 4.34. The van der Waals surface area contributed by atoms with Crippen LogP contribution < -0.4 is 10.6 Å². The molecule has 0 saturated heterocycles. The average molecular weight is 413 g/mol. The molecular formula is C24H32N2O2S. The molecule has 0 saturated carbocycles. The first-order valence-electron chi connectivity index (χ1n) is 10.0. The SMILES string of the molecule is CC(Sc1cccc(NC(=O)CC(C)(C)C)c1)C(=O)Nc1ccc(C(C)C)cc1. The number of carbonyl (C=O) groups excluding carboxylic acids is 2. The van der Waals surface area contributed by atoms with Crippen molar-refractivity contribution in [3.8, 4) is 0 Å². The summed E-state index contributed by atoms with van der Waals surface area (Å²) in [4.78, 5) is 25.7. The normalized spacial score (nSPS) is 12.5. The Balaban J connectivity index is 1.94. The van der Waals surface area contributed by atoms with Crippen molar-refractivity contribution in [2.24, 2.45) is 5.41 Å². The lowest BCUT2D eigenvalue weighted by Crippen LogP contribution is -2.22. The van der Waals surface area contributed by atoms with Crippen LogP contribution in [0.3, 0.4) is 0 Å². The lowest BCUT2D eigenvalue weighted by Gasteiger charge is -2.17. The van der Waals surface area contributed by atoms with Crippen LogP contribution in [0.2, 0.25) is 0 Å². The van der Waals surface area contributed by atoms with E-state index in [4.69, 9.17) is 0 Å². The molecule has 2 aromatic rings. The molecule has 0 spiro atoms. The number of thioether (sulfide) groups is 1. The van der Waals surface area contributed by atoms with E-state index in [1.165, 1.54) is 17.3 Å². The zero-order valence-electron chi connectivity index (χ0n) is 18.2. The van der Waals surface area contributed by atoms with Crippen LogP contribution in [-0.2, 0) is 9.59 Å². The van der Waals surface area contributed by atoms with Crippen LogP contribution in [-0.4, -0.2) is 17.1 Å². The van der Waals surface area contributed by atoms with E-state index >= 15 is 0 Å². The number of anilines is 2. The highest BCUT2D eigenvalue weighted by Gasteiger charge is 2.17. The van der Waals surface area contributed by atoms with E-state index in [2.05, 4.69) is 24.5 Å². The lowest BCUT2D eigenvalue weighted by atomic mass is 9.92. The largest absolute Gasteiger partial charge is 0.326 e. The van der Waals surface area contributed by atoms with Gasteiger partial charge in [0.05, 0.1) is 5.25 Å². The van der Waals surface area contributed by atoms with E-state index in [0.29, 0.717) is 12.3 Å². The van der Waals surface area contributed by atoms with E-state index < -0.39 is 0 Å². The maximum absolute atomic E-state index is 12.6. The van der Waals surface area contributed by atoms with Crippen molar-refractivity contribution in [3.05, 3.63) is 54.1 Å². The molecule has 2 rings (SSSR count). The monoisotopic (exact) mass is 412 g/mol. The minimum Gasteiger partial charge on any atom is -0.326 e.